The van der Waals surface area contributed by atoms with Crippen LogP contribution in [0.5, 0.6) is 11.5 Å². The van der Waals surface area contributed by atoms with Crippen molar-refractivity contribution in [2.24, 2.45) is 0 Å². The van der Waals surface area contributed by atoms with Gasteiger partial charge in [0.1, 0.15) is 11.5 Å². The summed E-state index contributed by atoms with van der Waals surface area (Å²) in [5.41, 5.74) is 1.69. The summed E-state index contributed by atoms with van der Waals surface area (Å²) in [6, 6.07) is 10.7. The molecule has 0 spiro atoms. The predicted octanol–water partition coefficient (Wildman–Crippen LogP) is 3.19. The standard InChI is InChI=1S/C19H20O3/c1-6-19(20,15-7-9-16(21-4)10-8-15)17-11-12-18(22-5)14(3)13(17)2/h1,7-12,20H,2-5H3. The normalized spacial score (nSPS) is 13.1. The number of ether oxygens (including phenoxy) is 2. The Morgan fingerprint density at radius 1 is 0.955 bits per heavy atom. The van der Waals surface area contributed by atoms with Crippen molar-refractivity contribution in [1.29, 1.82) is 0 Å². The summed E-state index contributed by atoms with van der Waals surface area (Å²) >= 11 is 0. The fourth-order valence-corrected chi connectivity index (χ4v) is 2.56. The van der Waals surface area contributed by atoms with Gasteiger partial charge in [0.05, 0.1) is 14.2 Å². The van der Waals surface area contributed by atoms with Crippen LogP contribution in [0.1, 0.15) is 22.3 Å². The minimum Gasteiger partial charge on any atom is -0.497 e. The zero-order chi connectivity index (χ0) is 16.3. The highest BCUT2D eigenvalue weighted by atomic mass is 16.5. The van der Waals surface area contributed by atoms with Crippen LogP contribution in [0.2, 0.25) is 0 Å². The Hall–Kier alpha value is -2.44. The maximum atomic E-state index is 11.1. The van der Waals surface area contributed by atoms with Crippen molar-refractivity contribution in [3.05, 3.63) is 58.7 Å². The molecule has 0 aliphatic rings. The Labute approximate surface area is 131 Å². The number of rotatable bonds is 4. The van der Waals surface area contributed by atoms with Crippen molar-refractivity contribution in [3.8, 4) is 23.8 Å². The van der Waals surface area contributed by atoms with Gasteiger partial charge in [0.2, 0.25) is 0 Å². The summed E-state index contributed by atoms with van der Waals surface area (Å²) in [4.78, 5) is 0. The van der Waals surface area contributed by atoms with E-state index in [1.807, 2.05) is 26.0 Å². The maximum Gasteiger partial charge on any atom is 0.176 e. The monoisotopic (exact) mass is 296 g/mol. The van der Waals surface area contributed by atoms with Crippen molar-refractivity contribution >= 4 is 0 Å². The van der Waals surface area contributed by atoms with Crippen LogP contribution in [-0.4, -0.2) is 19.3 Å². The molecular weight excluding hydrogens is 276 g/mol. The topological polar surface area (TPSA) is 38.7 Å². The van der Waals surface area contributed by atoms with Crippen LogP contribution in [-0.2, 0) is 5.60 Å². The Morgan fingerprint density at radius 3 is 2.09 bits per heavy atom. The third-order valence-corrected chi connectivity index (χ3v) is 4.06. The molecule has 0 saturated carbocycles. The fourth-order valence-electron chi connectivity index (χ4n) is 2.56. The SMILES string of the molecule is C#CC(O)(c1ccc(OC)cc1)c1ccc(OC)c(C)c1C. The van der Waals surface area contributed by atoms with E-state index in [0.717, 1.165) is 16.9 Å². The van der Waals surface area contributed by atoms with Gasteiger partial charge in [-0.25, -0.2) is 0 Å². The fraction of sp³-hybridized carbons (Fsp3) is 0.263. The Balaban J connectivity index is 2.59. The third-order valence-electron chi connectivity index (χ3n) is 4.06. The lowest BCUT2D eigenvalue weighted by atomic mass is 9.83. The van der Waals surface area contributed by atoms with Gasteiger partial charge in [-0.15, -0.1) is 6.42 Å². The third kappa shape index (κ3) is 2.54. The van der Waals surface area contributed by atoms with E-state index in [2.05, 4.69) is 5.92 Å². The van der Waals surface area contributed by atoms with Crippen molar-refractivity contribution < 1.29 is 14.6 Å². The summed E-state index contributed by atoms with van der Waals surface area (Å²) in [5, 5.41) is 11.1. The number of terminal acetylenes is 1. The summed E-state index contributed by atoms with van der Waals surface area (Å²) in [7, 11) is 3.22. The van der Waals surface area contributed by atoms with E-state index in [0.29, 0.717) is 16.9 Å². The lowest BCUT2D eigenvalue weighted by Gasteiger charge is -2.26. The maximum absolute atomic E-state index is 11.1. The summed E-state index contributed by atoms with van der Waals surface area (Å²) in [6.07, 6.45) is 5.67. The van der Waals surface area contributed by atoms with E-state index in [1.54, 1.807) is 38.5 Å². The first-order valence-electron chi connectivity index (χ1n) is 6.97. The molecule has 2 aromatic rings. The first-order chi connectivity index (χ1) is 10.5. The summed E-state index contributed by atoms with van der Waals surface area (Å²) in [5.74, 6) is 4.02. The molecule has 3 nitrogen and oxygen atoms in total. The lowest BCUT2D eigenvalue weighted by molar-refractivity contribution is 0.144. The predicted molar refractivity (Wildman–Crippen MR) is 87.3 cm³/mol. The molecule has 0 aliphatic heterocycles. The average molecular weight is 296 g/mol. The van der Waals surface area contributed by atoms with Crippen molar-refractivity contribution in [2.45, 2.75) is 19.4 Å². The molecule has 0 radical (unpaired) electrons. The van der Waals surface area contributed by atoms with Crippen LogP contribution in [0.4, 0.5) is 0 Å². The van der Waals surface area contributed by atoms with Gasteiger partial charge in [0, 0.05) is 11.1 Å². The number of hydrogen-bond donors (Lipinski definition) is 1. The van der Waals surface area contributed by atoms with Gasteiger partial charge in [-0.05, 0) is 43.2 Å². The molecule has 1 unspecified atom stereocenters. The molecule has 0 bridgehead atoms. The molecule has 2 rings (SSSR count). The van der Waals surface area contributed by atoms with Gasteiger partial charge in [0.25, 0.3) is 0 Å². The molecule has 0 aromatic heterocycles. The smallest absolute Gasteiger partial charge is 0.176 e. The molecule has 1 N–H and O–H groups in total. The number of methoxy groups -OCH3 is 2. The van der Waals surface area contributed by atoms with Gasteiger partial charge in [0.15, 0.2) is 5.60 Å². The minimum atomic E-state index is -1.49. The van der Waals surface area contributed by atoms with Crippen molar-refractivity contribution in [2.75, 3.05) is 14.2 Å². The van der Waals surface area contributed by atoms with E-state index in [-0.39, 0.29) is 0 Å². The molecule has 1 atom stereocenters. The van der Waals surface area contributed by atoms with Crippen LogP contribution in [0, 0.1) is 26.2 Å². The number of hydrogen-bond acceptors (Lipinski definition) is 3. The highest BCUT2D eigenvalue weighted by molar-refractivity contribution is 5.53. The molecule has 3 heteroatoms. The molecule has 2 aromatic carbocycles. The summed E-state index contributed by atoms with van der Waals surface area (Å²) in [6.45, 7) is 3.88. The average Bonchev–Trinajstić information content (AvgIpc) is 2.56. The molecule has 0 amide bonds. The van der Waals surface area contributed by atoms with Gasteiger partial charge in [-0.3, -0.25) is 0 Å². The van der Waals surface area contributed by atoms with Crippen LogP contribution in [0.25, 0.3) is 0 Å². The largest absolute Gasteiger partial charge is 0.497 e. The summed E-state index contributed by atoms with van der Waals surface area (Å²) < 4.78 is 10.5. The quantitative estimate of drug-likeness (QED) is 0.881. The number of aliphatic hydroxyl groups is 1. The van der Waals surface area contributed by atoms with Gasteiger partial charge in [-0.2, -0.15) is 0 Å². The zero-order valence-corrected chi connectivity index (χ0v) is 13.3. The Bertz CT molecular complexity index is 711. The van der Waals surface area contributed by atoms with Gasteiger partial charge in [-0.1, -0.05) is 24.1 Å². The van der Waals surface area contributed by atoms with Gasteiger partial charge < -0.3 is 14.6 Å². The molecule has 0 aliphatic carbocycles. The zero-order valence-electron chi connectivity index (χ0n) is 13.3. The van der Waals surface area contributed by atoms with Gasteiger partial charge >= 0.3 is 0 Å². The van der Waals surface area contributed by atoms with Crippen LogP contribution in [0.15, 0.2) is 36.4 Å². The van der Waals surface area contributed by atoms with Crippen LogP contribution >= 0.6 is 0 Å². The van der Waals surface area contributed by atoms with Crippen molar-refractivity contribution in [3.63, 3.8) is 0 Å². The molecular formula is C19H20O3. The molecule has 0 fully saturated rings. The highest BCUT2D eigenvalue weighted by Crippen LogP contribution is 2.35. The highest BCUT2D eigenvalue weighted by Gasteiger charge is 2.31. The first-order valence-corrected chi connectivity index (χ1v) is 6.97. The van der Waals surface area contributed by atoms with Crippen LogP contribution in [0.3, 0.4) is 0 Å². The van der Waals surface area contributed by atoms with E-state index in [1.165, 1.54) is 0 Å². The van der Waals surface area contributed by atoms with E-state index in [9.17, 15) is 5.11 Å². The Morgan fingerprint density at radius 2 is 1.59 bits per heavy atom. The second kappa shape index (κ2) is 6.13. The number of benzene rings is 2. The second-order valence-electron chi connectivity index (χ2n) is 5.15. The lowest BCUT2D eigenvalue weighted by Crippen LogP contribution is -2.26. The van der Waals surface area contributed by atoms with E-state index < -0.39 is 5.60 Å². The van der Waals surface area contributed by atoms with E-state index in [4.69, 9.17) is 15.9 Å². The molecule has 114 valence electrons. The van der Waals surface area contributed by atoms with Crippen molar-refractivity contribution in [1.82, 2.24) is 0 Å². The molecule has 0 saturated heterocycles. The van der Waals surface area contributed by atoms with E-state index >= 15 is 0 Å². The van der Waals surface area contributed by atoms with Crippen LogP contribution < -0.4 is 9.47 Å². The second-order valence-corrected chi connectivity index (χ2v) is 5.15. The first kappa shape index (κ1) is 15.9. The minimum absolute atomic E-state index is 0.628. The molecule has 0 heterocycles. The Kier molecular flexibility index (Phi) is 4.44. The molecule has 22 heavy (non-hydrogen) atoms.